The maximum atomic E-state index is 7.07. The number of ether oxygens (including phenoxy) is 2. The summed E-state index contributed by atoms with van der Waals surface area (Å²) < 4.78 is 13.9. The molecule has 0 atom stereocenters. The van der Waals surface area contributed by atoms with E-state index < -0.39 is 0 Å². The third-order valence-corrected chi connectivity index (χ3v) is 12.8. The number of fused-ring (bicyclic) bond motifs is 3. The van der Waals surface area contributed by atoms with E-state index in [4.69, 9.17) is 9.47 Å². The van der Waals surface area contributed by atoms with E-state index in [0.29, 0.717) is 0 Å². The van der Waals surface area contributed by atoms with Crippen molar-refractivity contribution in [1.82, 2.24) is 0 Å². The molecule has 2 aromatic rings. The third-order valence-electron chi connectivity index (χ3n) is 9.95. The Balaban J connectivity index is 1.42. The van der Waals surface area contributed by atoms with Crippen LogP contribution in [0, 0.1) is 0 Å². The van der Waals surface area contributed by atoms with Crippen LogP contribution in [0.3, 0.4) is 0 Å². The zero-order valence-electron chi connectivity index (χ0n) is 29.5. The van der Waals surface area contributed by atoms with Gasteiger partial charge in [-0.25, -0.2) is 0 Å². The maximum absolute atomic E-state index is 7.07. The Hall–Kier alpha value is -0.520. The van der Waals surface area contributed by atoms with Crippen molar-refractivity contribution in [3.8, 4) is 20.6 Å². The zero-order chi connectivity index (χ0) is 32.0. The highest BCUT2D eigenvalue weighted by atomic mass is 79.9. The van der Waals surface area contributed by atoms with E-state index in [-0.39, 0.29) is 5.60 Å². The fraction of sp³-hybridized carbons (Fsp3) is 0.800. The summed E-state index contributed by atoms with van der Waals surface area (Å²) in [7, 11) is 1.77. The number of halogens is 1. The third kappa shape index (κ3) is 14.2. The van der Waals surface area contributed by atoms with Crippen LogP contribution in [-0.4, -0.2) is 7.11 Å². The minimum atomic E-state index is -0.202. The smallest absolute Gasteiger partial charge is 0.177 e. The van der Waals surface area contributed by atoms with Crippen molar-refractivity contribution in [1.29, 1.82) is 0 Å². The Bertz CT molecular complexity index is 982. The van der Waals surface area contributed by atoms with Crippen LogP contribution in [0.4, 0.5) is 0 Å². The van der Waals surface area contributed by atoms with Crippen molar-refractivity contribution in [2.24, 2.45) is 0 Å². The molecular weight excluding hydrogens is 656 g/mol. The first-order chi connectivity index (χ1) is 22.1. The molecular formula is C40H67BrO2S2. The Morgan fingerprint density at radius 2 is 0.956 bits per heavy atom. The van der Waals surface area contributed by atoms with Crippen molar-refractivity contribution in [2.45, 2.75) is 199 Å². The summed E-state index contributed by atoms with van der Waals surface area (Å²) in [6.45, 7) is 4.61. The van der Waals surface area contributed by atoms with Crippen LogP contribution in [0.2, 0.25) is 0 Å². The summed E-state index contributed by atoms with van der Waals surface area (Å²) in [5.41, 5.74) is 1.22. The second kappa shape index (κ2) is 23.7. The first-order valence-corrected chi connectivity index (χ1v) is 21.7. The molecule has 1 aliphatic rings. The standard InChI is InChI=1S/C40H67BrO2S2/c1-4-6-8-10-12-14-16-18-20-22-24-26-28-30-40(31-29-27-25-23-21-19-17-15-13-11-9-7-5-2)34-32-36(41)44-38(34)39-35(43-40)33-37(42-3)45-39/h32-33H,4-31H2,1-3H3. The lowest BCUT2D eigenvalue weighted by molar-refractivity contribution is 0.0396. The van der Waals surface area contributed by atoms with Gasteiger partial charge in [-0.15, -0.1) is 11.3 Å². The van der Waals surface area contributed by atoms with Crippen molar-refractivity contribution in [3.05, 3.63) is 21.5 Å². The summed E-state index contributed by atoms with van der Waals surface area (Å²) in [4.78, 5) is 2.66. The number of hydrogen-bond donors (Lipinski definition) is 0. The van der Waals surface area contributed by atoms with Gasteiger partial charge >= 0.3 is 0 Å². The molecule has 0 fully saturated rings. The molecule has 258 valence electrons. The van der Waals surface area contributed by atoms with Gasteiger partial charge in [-0.3, -0.25) is 0 Å². The molecule has 0 radical (unpaired) electrons. The molecule has 0 bridgehead atoms. The van der Waals surface area contributed by atoms with Gasteiger partial charge in [-0.05, 0) is 47.7 Å². The average Bonchev–Trinajstić information content (AvgIpc) is 3.65. The van der Waals surface area contributed by atoms with Gasteiger partial charge in [-0.2, -0.15) is 0 Å². The Labute approximate surface area is 295 Å². The van der Waals surface area contributed by atoms with Gasteiger partial charge in [-0.1, -0.05) is 179 Å². The van der Waals surface area contributed by atoms with Gasteiger partial charge in [0, 0.05) is 11.6 Å². The van der Waals surface area contributed by atoms with Crippen LogP contribution in [0.25, 0.3) is 9.75 Å². The predicted octanol–water partition coefficient (Wildman–Crippen LogP) is 15.8. The molecule has 0 amide bonds. The molecule has 2 aromatic heterocycles. The number of methoxy groups -OCH3 is 1. The summed E-state index contributed by atoms with van der Waals surface area (Å²) in [5, 5.41) is 0.952. The molecule has 0 aliphatic carbocycles. The van der Waals surface area contributed by atoms with Crippen molar-refractivity contribution in [3.63, 3.8) is 0 Å². The highest BCUT2D eigenvalue weighted by molar-refractivity contribution is 9.11. The lowest BCUT2D eigenvalue weighted by atomic mass is 9.81. The van der Waals surface area contributed by atoms with E-state index in [0.717, 1.165) is 23.7 Å². The molecule has 3 heterocycles. The van der Waals surface area contributed by atoms with Crippen LogP contribution in [-0.2, 0) is 5.60 Å². The molecule has 5 heteroatoms. The van der Waals surface area contributed by atoms with Crippen LogP contribution >= 0.6 is 38.6 Å². The van der Waals surface area contributed by atoms with Gasteiger partial charge in [0.25, 0.3) is 0 Å². The second-order valence-electron chi connectivity index (χ2n) is 13.8. The fourth-order valence-electron chi connectivity index (χ4n) is 7.17. The molecule has 0 unspecified atom stereocenters. The van der Waals surface area contributed by atoms with Crippen LogP contribution in [0.15, 0.2) is 15.9 Å². The molecule has 45 heavy (non-hydrogen) atoms. The lowest BCUT2D eigenvalue weighted by Gasteiger charge is -2.38. The van der Waals surface area contributed by atoms with Gasteiger partial charge in [0.15, 0.2) is 5.06 Å². The maximum Gasteiger partial charge on any atom is 0.177 e. The normalized spacial score (nSPS) is 13.5. The molecule has 1 aliphatic heterocycles. The van der Waals surface area contributed by atoms with Gasteiger partial charge < -0.3 is 9.47 Å². The van der Waals surface area contributed by atoms with Crippen LogP contribution < -0.4 is 9.47 Å². The average molecular weight is 724 g/mol. The number of thiophene rings is 2. The van der Waals surface area contributed by atoms with Crippen molar-refractivity contribution < 1.29 is 9.47 Å². The Kier molecular flexibility index (Phi) is 20.5. The molecule has 2 nitrogen and oxygen atoms in total. The largest absolute Gasteiger partial charge is 0.487 e. The highest BCUT2D eigenvalue weighted by Gasteiger charge is 2.42. The minimum absolute atomic E-state index is 0.202. The quantitative estimate of drug-likeness (QED) is 0.0778. The first kappa shape index (κ1) is 38.9. The summed E-state index contributed by atoms with van der Waals surface area (Å²) in [6, 6.07) is 4.51. The number of hydrogen-bond acceptors (Lipinski definition) is 4. The van der Waals surface area contributed by atoms with E-state index in [1.807, 2.05) is 11.3 Å². The van der Waals surface area contributed by atoms with Crippen LogP contribution in [0.1, 0.15) is 199 Å². The van der Waals surface area contributed by atoms with Gasteiger partial charge in [0.2, 0.25) is 0 Å². The van der Waals surface area contributed by atoms with E-state index in [9.17, 15) is 0 Å². The van der Waals surface area contributed by atoms with Crippen molar-refractivity contribution in [2.75, 3.05) is 7.11 Å². The number of unbranched alkanes of at least 4 members (excludes halogenated alkanes) is 24. The Morgan fingerprint density at radius 1 is 0.556 bits per heavy atom. The molecule has 3 rings (SSSR count). The fourth-order valence-corrected chi connectivity index (χ4v) is 9.91. The molecule has 0 aromatic carbocycles. The van der Waals surface area contributed by atoms with E-state index in [1.54, 1.807) is 18.4 Å². The Morgan fingerprint density at radius 3 is 1.36 bits per heavy atom. The zero-order valence-corrected chi connectivity index (χ0v) is 32.7. The summed E-state index contributed by atoms with van der Waals surface area (Å²) in [6.07, 6.45) is 38.5. The van der Waals surface area contributed by atoms with E-state index >= 15 is 0 Å². The summed E-state index contributed by atoms with van der Waals surface area (Å²) >= 11 is 7.45. The summed E-state index contributed by atoms with van der Waals surface area (Å²) in [5.74, 6) is 1.04. The SMILES string of the molecule is CCCCCCCCCCCCCCCC1(CCCCCCCCCCCCCCC)Oc2cc(OC)sc2-c2sc(Br)cc21. The topological polar surface area (TPSA) is 18.5 Å². The molecule has 0 N–H and O–H groups in total. The van der Waals surface area contributed by atoms with Crippen molar-refractivity contribution >= 4 is 38.6 Å². The lowest BCUT2D eigenvalue weighted by Crippen LogP contribution is -2.35. The van der Waals surface area contributed by atoms with E-state index in [2.05, 4.69) is 41.9 Å². The van der Waals surface area contributed by atoms with Crippen LogP contribution in [0.5, 0.6) is 10.8 Å². The highest BCUT2D eigenvalue weighted by Crippen LogP contribution is 2.57. The number of rotatable bonds is 29. The predicted molar refractivity (Wildman–Crippen MR) is 205 cm³/mol. The molecule has 0 saturated heterocycles. The van der Waals surface area contributed by atoms with Gasteiger partial charge in [0.05, 0.1) is 20.7 Å². The minimum Gasteiger partial charge on any atom is -0.487 e. The van der Waals surface area contributed by atoms with Gasteiger partial charge in [0.1, 0.15) is 11.4 Å². The van der Waals surface area contributed by atoms with E-state index in [1.165, 1.54) is 186 Å². The molecule has 0 saturated carbocycles. The first-order valence-electron chi connectivity index (χ1n) is 19.3. The second-order valence-corrected chi connectivity index (χ2v) is 17.3. The molecule has 0 spiro atoms. The monoisotopic (exact) mass is 722 g/mol.